The fraction of sp³-hybridized carbons (Fsp3) is 0.182. The molecule has 0 amide bonds. The van der Waals surface area contributed by atoms with E-state index in [9.17, 15) is 4.79 Å². The summed E-state index contributed by atoms with van der Waals surface area (Å²) < 4.78 is 0. The third kappa shape index (κ3) is 2.28. The van der Waals surface area contributed by atoms with Gasteiger partial charge < -0.3 is 5.11 Å². The molecule has 0 bridgehead atoms. The summed E-state index contributed by atoms with van der Waals surface area (Å²) in [6.07, 6.45) is 1.26. The van der Waals surface area contributed by atoms with Crippen LogP contribution in [-0.4, -0.2) is 21.0 Å². The van der Waals surface area contributed by atoms with Crippen molar-refractivity contribution in [2.45, 2.75) is 13.8 Å². The molecule has 1 aromatic heterocycles. The molecule has 0 unspecified atom stereocenters. The fourth-order valence-corrected chi connectivity index (χ4v) is 1.18. The van der Waals surface area contributed by atoms with Crippen molar-refractivity contribution in [3.05, 3.63) is 36.3 Å². The van der Waals surface area contributed by atoms with Crippen LogP contribution in [0.4, 0.5) is 0 Å². The molecule has 15 heavy (non-hydrogen) atoms. The first-order valence-corrected chi connectivity index (χ1v) is 4.72. The summed E-state index contributed by atoms with van der Waals surface area (Å²) in [6.45, 7) is 4.00. The lowest BCUT2D eigenvalue weighted by Gasteiger charge is -1.98. The summed E-state index contributed by atoms with van der Waals surface area (Å²) in [6, 6.07) is 7.02. The van der Waals surface area contributed by atoms with Crippen molar-refractivity contribution < 1.29 is 9.90 Å². The molecule has 0 radical (unpaired) electrons. The fourth-order valence-electron chi connectivity index (χ4n) is 1.18. The molecule has 4 heteroatoms. The topological polar surface area (TPSA) is 63.1 Å². The van der Waals surface area contributed by atoms with E-state index < -0.39 is 5.97 Å². The summed E-state index contributed by atoms with van der Waals surface area (Å²) in [4.78, 5) is 18.4. The van der Waals surface area contributed by atoms with Gasteiger partial charge in [0.15, 0.2) is 5.69 Å². The van der Waals surface area contributed by atoms with Crippen LogP contribution < -0.4 is 0 Å². The Labute approximate surface area is 87.6 Å². The van der Waals surface area contributed by atoms with E-state index in [1.165, 1.54) is 6.33 Å². The van der Waals surface area contributed by atoms with Gasteiger partial charge in [-0.3, -0.25) is 0 Å². The van der Waals surface area contributed by atoms with E-state index in [2.05, 4.69) is 9.97 Å². The molecular formula is C11H12N2O2. The number of rotatable bonds is 1. The number of hydrogen-bond donors (Lipinski definition) is 1. The van der Waals surface area contributed by atoms with Crippen molar-refractivity contribution in [2.24, 2.45) is 0 Å². The van der Waals surface area contributed by atoms with Gasteiger partial charge in [0.2, 0.25) is 0 Å². The molecule has 0 aliphatic heterocycles. The smallest absolute Gasteiger partial charge is 0.355 e. The quantitative estimate of drug-likeness (QED) is 0.774. The Bertz CT molecular complexity index is 464. The van der Waals surface area contributed by atoms with E-state index in [-0.39, 0.29) is 5.69 Å². The van der Waals surface area contributed by atoms with Crippen LogP contribution in [0.3, 0.4) is 0 Å². The molecule has 0 saturated carbocycles. The highest BCUT2D eigenvalue weighted by molar-refractivity contribution is 6.00. The molecule has 0 spiro atoms. The number of aromatic carboxylic acids is 1. The van der Waals surface area contributed by atoms with Crippen molar-refractivity contribution in [3.63, 3.8) is 0 Å². The first-order chi connectivity index (χ1) is 7.29. The van der Waals surface area contributed by atoms with Crippen molar-refractivity contribution in [2.75, 3.05) is 0 Å². The van der Waals surface area contributed by atoms with Crippen LogP contribution in [0.5, 0.6) is 0 Å². The van der Waals surface area contributed by atoms with E-state index in [1.54, 1.807) is 24.3 Å². The molecule has 1 aromatic carbocycles. The molecule has 1 N–H and O–H groups in total. The van der Waals surface area contributed by atoms with Gasteiger partial charge in [-0.2, -0.15) is 0 Å². The molecule has 4 nitrogen and oxygen atoms in total. The van der Waals surface area contributed by atoms with E-state index in [1.807, 2.05) is 13.8 Å². The maximum Gasteiger partial charge on any atom is 0.355 e. The maximum absolute atomic E-state index is 10.7. The van der Waals surface area contributed by atoms with Crippen LogP contribution in [0, 0.1) is 0 Å². The number of carboxylic acid groups (broad SMARTS) is 1. The van der Waals surface area contributed by atoms with Gasteiger partial charge in [0.05, 0.1) is 5.52 Å². The second-order valence-electron chi connectivity index (χ2n) is 2.54. The zero-order valence-electron chi connectivity index (χ0n) is 8.64. The van der Waals surface area contributed by atoms with Gasteiger partial charge in [-0.1, -0.05) is 32.0 Å². The highest BCUT2D eigenvalue weighted by Crippen LogP contribution is 2.13. The number of fused-ring (bicyclic) bond motifs is 1. The van der Waals surface area contributed by atoms with Crippen LogP contribution in [0.15, 0.2) is 30.6 Å². The van der Waals surface area contributed by atoms with Crippen molar-refractivity contribution in [1.29, 1.82) is 0 Å². The largest absolute Gasteiger partial charge is 0.476 e. The Kier molecular flexibility index (Phi) is 3.74. The van der Waals surface area contributed by atoms with Crippen LogP contribution >= 0.6 is 0 Å². The summed E-state index contributed by atoms with van der Waals surface area (Å²) >= 11 is 0. The number of benzene rings is 1. The Morgan fingerprint density at radius 2 is 1.87 bits per heavy atom. The Morgan fingerprint density at radius 3 is 2.53 bits per heavy atom. The van der Waals surface area contributed by atoms with Gasteiger partial charge in [-0.15, -0.1) is 0 Å². The Balaban J connectivity index is 0.000000531. The zero-order valence-corrected chi connectivity index (χ0v) is 8.64. The van der Waals surface area contributed by atoms with Crippen LogP contribution in [0.25, 0.3) is 10.9 Å². The Hall–Kier alpha value is -1.97. The number of hydrogen-bond acceptors (Lipinski definition) is 3. The predicted molar refractivity (Wildman–Crippen MR) is 57.8 cm³/mol. The molecule has 0 saturated heterocycles. The molecule has 0 fully saturated rings. The van der Waals surface area contributed by atoms with Crippen molar-refractivity contribution in [1.82, 2.24) is 9.97 Å². The zero-order chi connectivity index (χ0) is 11.3. The molecular weight excluding hydrogens is 192 g/mol. The highest BCUT2D eigenvalue weighted by atomic mass is 16.4. The normalized spacial score (nSPS) is 9.20. The Morgan fingerprint density at radius 1 is 1.20 bits per heavy atom. The molecule has 0 atom stereocenters. The number of carboxylic acids is 1. The average Bonchev–Trinajstić information content (AvgIpc) is 2.31. The summed E-state index contributed by atoms with van der Waals surface area (Å²) in [5, 5.41) is 9.36. The minimum atomic E-state index is -1.03. The van der Waals surface area contributed by atoms with E-state index >= 15 is 0 Å². The lowest BCUT2D eigenvalue weighted by Crippen LogP contribution is -2.01. The molecule has 0 aliphatic carbocycles. The SMILES string of the molecule is CC.O=C(O)c1ncnc2ccccc12. The third-order valence-electron chi connectivity index (χ3n) is 1.75. The number of nitrogens with zero attached hydrogens (tertiary/aromatic N) is 2. The number of para-hydroxylation sites is 1. The average molecular weight is 204 g/mol. The van der Waals surface area contributed by atoms with E-state index in [0.29, 0.717) is 10.9 Å². The first kappa shape index (κ1) is 11.1. The number of aromatic nitrogens is 2. The van der Waals surface area contributed by atoms with Gasteiger partial charge >= 0.3 is 5.97 Å². The summed E-state index contributed by atoms with van der Waals surface area (Å²) in [5.41, 5.74) is 0.695. The van der Waals surface area contributed by atoms with Gasteiger partial charge in [0.1, 0.15) is 6.33 Å². The second kappa shape index (κ2) is 5.05. The molecule has 2 rings (SSSR count). The molecule has 1 heterocycles. The standard InChI is InChI=1S/C9H6N2O2.C2H6/c12-9(13)8-6-3-1-2-4-7(6)10-5-11-8;1-2/h1-5H,(H,12,13);1-2H3. The van der Waals surface area contributed by atoms with Gasteiger partial charge in [0, 0.05) is 5.39 Å². The van der Waals surface area contributed by atoms with Crippen molar-refractivity contribution in [3.8, 4) is 0 Å². The van der Waals surface area contributed by atoms with E-state index in [0.717, 1.165) is 0 Å². The van der Waals surface area contributed by atoms with Gasteiger partial charge in [-0.05, 0) is 6.07 Å². The van der Waals surface area contributed by atoms with Gasteiger partial charge in [0.25, 0.3) is 0 Å². The molecule has 78 valence electrons. The van der Waals surface area contributed by atoms with E-state index in [4.69, 9.17) is 5.11 Å². The van der Waals surface area contributed by atoms with Crippen LogP contribution in [0.2, 0.25) is 0 Å². The van der Waals surface area contributed by atoms with Crippen LogP contribution in [0.1, 0.15) is 24.3 Å². The highest BCUT2D eigenvalue weighted by Gasteiger charge is 2.08. The summed E-state index contributed by atoms with van der Waals surface area (Å²) in [5.74, 6) is -1.03. The lowest BCUT2D eigenvalue weighted by atomic mass is 10.2. The molecule has 2 aromatic rings. The number of carbonyl (C=O) groups is 1. The second-order valence-corrected chi connectivity index (χ2v) is 2.54. The van der Waals surface area contributed by atoms with Gasteiger partial charge in [-0.25, -0.2) is 14.8 Å². The third-order valence-corrected chi connectivity index (χ3v) is 1.75. The maximum atomic E-state index is 10.7. The monoisotopic (exact) mass is 204 g/mol. The minimum absolute atomic E-state index is 0.0469. The first-order valence-electron chi connectivity index (χ1n) is 4.72. The molecule has 0 aliphatic rings. The lowest BCUT2D eigenvalue weighted by molar-refractivity contribution is 0.0692. The minimum Gasteiger partial charge on any atom is -0.476 e. The summed E-state index contributed by atoms with van der Waals surface area (Å²) in [7, 11) is 0. The van der Waals surface area contributed by atoms with Crippen molar-refractivity contribution >= 4 is 16.9 Å². The van der Waals surface area contributed by atoms with Crippen LogP contribution in [-0.2, 0) is 0 Å². The predicted octanol–water partition coefficient (Wildman–Crippen LogP) is 2.35.